The Hall–Kier alpha value is -1.61. The van der Waals surface area contributed by atoms with Crippen LogP contribution < -0.4 is 0 Å². The van der Waals surface area contributed by atoms with Crippen LogP contribution in [0.25, 0.3) is 0 Å². The third-order valence-corrected chi connectivity index (χ3v) is 5.45. The molecule has 146 valence electrons. The zero-order chi connectivity index (χ0) is 19.5. The second-order valence-electron chi connectivity index (χ2n) is 7.37. The maximum Gasteiger partial charge on any atom is 0.226 e. The summed E-state index contributed by atoms with van der Waals surface area (Å²) in [4.78, 5) is 15.0. The van der Waals surface area contributed by atoms with Gasteiger partial charge in [0.1, 0.15) is 0 Å². The van der Waals surface area contributed by atoms with Crippen molar-refractivity contribution in [2.45, 2.75) is 71.4 Å². The van der Waals surface area contributed by atoms with Crippen LogP contribution in [0.15, 0.2) is 43.0 Å². The summed E-state index contributed by atoms with van der Waals surface area (Å²) in [6.07, 6.45) is 7.41. The van der Waals surface area contributed by atoms with Crippen molar-refractivity contribution in [1.82, 2.24) is 4.90 Å². The fraction of sp³-hybridized carbons (Fsp3) is 0.609. The highest BCUT2D eigenvalue weighted by molar-refractivity contribution is 5.79. The van der Waals surface area contributed by atoms with E-state index in [1.807, 2.05) is 50.4 Å². The molecule has 1 amide bonds. The van der Waals surface area contributed by atoms with Gasteiger partial charge < -0.3 is 10.0 Å². The van der Waals surface area contributed by atoms with Crippen LogP contribution in [0.3, 0.4) is 0 Å². The zero-order valence-corrected chi connectivity index (χ0v) is 17.0. The summed E-state index contributed by atoms with van der Waals surface area (Å²) >= 11 is 0. The Morgan fingerprint density at radius 2 is 1.85 bits per heavy atom. The number of hydrogen-bond donors (Lipinski definition) is 1. The average Bonchev–Trinajstić information content (AvgIpc) is 2.68. The molecular weight excluding hydrogens is 322 g/mol. The molecule has 4 atom stereocenters. The standard InChI is InChI=1S/C23H37NO2/c1-6-9-15-19(13-7-2)21(14-8-3)23(26)24(5)18(4)22(25)20-16-11-10-12-17-20/h8,10-12,16-19,21-22,25H,3,6-7,9,13-15H2,1-2,4-5H3/t18-,19-,21-,22+/m0/s1. The van der Waals surface area contributed by atoms with Crippen LogP contribution in [-0.2, 0) is 4.79 Å². The number of aliphatic hydroxyl groups is 1. The molecule has 0 heterocycles. The average molecular weight is 360 g/mol. The van der Waals surface area contributed by atoms with E-state index in [1.165, 1.54) is 0 Å². The maximum absolute atomic E-state index is 13.3. The van der Waals surface area contributed by atoms with Gasteiger partial charge in [-0.3, -0.25) is 4.79 Å². The number of carbonyl (C=O) groups excluding carboxylic acids is 1. The van der Waals surface area contributed by atoms with Crippen molar-refractivity contribution in [3.05, 3.63) is 48.6 Å². The van der Waals surface area contributed by atoms with Crippen molar-refractivity contribution in [3.8, 4) is 0 Å². The van der Waals surface area contributed by atoms with Gasteiger partial charge in [0, 0.05) is 13.0 Å². The first-order chi connectivity index (χ1) is 12.5. The van der Waals surface area contributed by atoms with Gasteiger partial charge >= 0.3 is 0 Å². The number of aliphatic hydroxyl groups excluding tert-OH is 1. The number of allylic oxidation sites excluding steroid dienone is 1. The van der Waals surface area contributed by atoms with Crippen molar-refractivity contribution < 1.29 is 9.90 Å². The third kappa shape index (κ3) is 6.28. The molecule has 0 saturated heterocycles. The Labute approximate surface area is 160 Å². The molecule has 1 N–H and O–H groups in total. The van der Waals surface area contributed by atoms with Crippen LogP contribution in [0.4, 0.5) is 0 Å². The van der Waals surface area contributed by atoms with Gasteiger partial charge in [-0.1, -0.05) is 69.5 Å². The predicted molar refractivity (Wildman–Crippen MR) is 110 cm³/mol. The highest BCUT2D eigenvalue weighted by Gasteiger charge is 2.32. The van der Waals surface area contributed by atoms with Gasteiger partial charge in [0.05, 0.1) is 12.1 Å². The summed E-state index contributed by atoms with van der Waals surface area (Å²) in [6, 6.07) is 9.29. The molecule has 26 heavy (non-hydrogen) atoms. The second kappa shape index (κ2) is 11.9. The highest BCUT2D eigenvalue weighted by Crippen LogP contribution is 2.30. The fourth-order valence-corrected chi connectivity index (χ4v) is 3.66. The number of carbonyl (C=O) groups is 1. The molecule has 1 aromatic rings. The minimum Gasteiger partial charge on any atom is -0.386 e. The summed E-state index contributed by atoms with van der Waals surface area (Å²) in [5, 5.41) is 10.7. The first-order valence-corrected chi connectivity index (χ1v) is 10.1. The van der Waals surface area contributed by atoms with Crippen molar-refractivity contribution >= 4 is 5.91 Å². The third-order valence-electron chi connectivity index (χ3n) is 5.45. The molecule has 3 heteroatoms. The fourth-order valence-electron chi connectivity index (χ4n) is 3.66. The number of unbranched alkanes of at least 4 members (excludes halogenated alkanes) is 1. The monoisotopic (exact) mass is 359 g/mol. The molecule has 0 aromatic heterocycles. The molecule has 1 aromatic carbocycles. The first kappa shape index (κ1) is 22.4. The van der Waals surface area contributed by atoms with Crippen LogP contribution in [0, 0.1) is 11.8 Å². The Morgan fingerprint density at radius 1 is 1.19 bits per heavy atom. The Bertz CT molecular complexity index is 528. The molecule has 0 saturated carbocycles. The number of likely N-dealkylation sites (N-methyl/N-ethyl adjacent to an activating group) is 1. The molecule has 0 aliphatic rings. The van der Waals surface area contributed by atoms with E-state index in [0.717, 1.165) is 37.7 Å². The Morgan fingerprint density at radius 3 is 2.38 bits per heavy atom. The second-order valence-corrected chi connectivity index (χ2v) is 7.37. The van der Waals surface area contributed by atoms with Gasteiger partial charge in [-0.05, 0) is 37.7 Å². The van der Waals surface area contributed by atoms with Gasteiger partial charge in [0.2, 0.25) is 5.91 Å². The largest absolute Gasteiger partial charge is 0.386 e. The molecule has 0 bridgehead atoms. The topological polar surface area (TPSA) is 40.5 Å². The van der Waals surface area contributed by atoms with E-state index in [1.54, 1.807) is 4.90 Å². The quantitative estimate of drug-likeness (QED) is 0.510. The van der Waals surface area contributed by atoms with Gasteiger partial charge in [-0.25, -0.2) is 0 Å². The van der Waals surface area contributed by atoms with Crippen molar-refractivity contribution in [2.75, 3.05) is 7.05 Å². The van der Waals surface area contributed by atoms with Crippen LogP contribution in [0.2, 0.25) is 0 Å². The lowest BCUT2D eigenvalue weighted by atomic mass is 9.81. The summed E-state index contributed by atoms with van der Waals surface area (Å²) in [5.41, 5.74) is 0.844. The lowest BCUT2D eigenvalue weighted by Crippen LogP contribution is -2.44. The van der Waals surface area contributed by atoms with E-state index in [0.29, 0.717) is 12.3 Å². The Balaban J connectivity index is 2.92. The van der Waals surface area contributed by atoms with Crippen LogP contribution in [0.5, 0.6) is 0 Å². The Kier molecular flexibility index (Phi) is 10.3. The summed E-state index contributed by atoms with van der Waals surface area (Å²) in [5.74, 6) is 0.463. The van der Waals surface area contributed by atoms with E-state index in [4.69, 9.17) is 0 Å². The maximum atomic E-state index is 13.3. The minimum atomic E-state index is -0.685. The van der Waals surface area contributed by atoms with Crippen molar-refractivity contribution in [1.29, 1.82) is 0 Å². The van der Waals surface area contributed by atoms with Crippen molar-refractivity contribution in [3.63, 3.8) is 0 Å². The molecule has 3 nitrogen and oxygen atoms in total. The molecule has 0 fully saturated rings. The molecule has 0 spiro atoms. The predicted octanol–water partition coefficient (Wildman–Crippen LogP) is 5.37. The van der Waals surface area contributed by atoms with Gasteiger partial charge in [-0.2, -0.15) is 0 Å². The summed E-state index contributed by atoms with van der Waals surface area (Å²) in [6.45, 7) is 10.2. The number of hydrogen-bond acceptors (Lipinski definition) is 2. The summed E-state index contributed by atoms with van der Waals surface area (Å²) < 4.78 is 0. The normalized spacial score (nSPS) is 15.7. The van der Waals surface area contributed by atoms with Gasteiger partial charge in [0.15, 0.2) is 0 Å². The highest BCUT2D eigenvalue weighted by atomic mass is 16.3. The van der Waals surface area contributed by atoms with Crippen molar-refractivity contribution in [2.24, 2.45) is 11.8 Å². The SMILES string of the molecule is C=CC[C@H](C(=O)N(C)[C@@H](C)[C@@H](O)c1ccccc1)[C@@H](CCC)CCCC. The molecule has 0 aliphatic heterocycles. The van der Waals surface area contributed by atoms with Crippen LogP contribution in [-0.4, -0.2) is 29.0 Å². The number of amides is 1. The molecule has 0 aliphatic carbocycles. The molecule has 0 radical (unpaired) electrons. The molecule has 0 unspecified atom stereocenters. The van der Waals surface area contributed by atoms with E-state index < -0.39 is 6.10 Å². The molecular formula is C23H37NO2. The lowest BCUT2D eigenvalue weighted by molar-refractivity contribution is -0.140. The van der Waals surface area contributed by atoms with Crippen LogP contribution >= 0.6 is 0 Å². The number of benzene rings is 1. The van der Waals surface area contributed by atoms with E-state index >= 15 is 0 Å². The van der Waals surface area contributed by atoms with Crippen LogP contribution in [0.1, 0.15) is 71.0 Å². The first-order valence-electron chi connectivity index (χ1n) is 10.1. The smallest absolute Gasteiger partial charge is 0.226 e. The molecule has 1 rings (SSSR count). The number of nitrogens with zero attached hydrogens (tertiary/aromatic N) is 1. The lowest BCUT2D eigenvalue weighted by Gasteiger charge is -2.34. The van der Waals surface area contributed by atoms with E-state index in [-0.39, 0.29) is 17.9 Å². The van der Waals surface area contributed by atoms with Gasteiger partial charge in [0.25, 0.3) is 0 Å². The summed E-state index contributed by atoms with van der Waals surface area (Å²) in [7, 11) is 1.82. The van der Waals surface area contributed by atoms with E-state index in [2.05, 4.69) is 20.4 Å². The number of rotatable bonds is 12. The minimum absolute atomic E-state index is 0.0468. The zero-order valence-electron chi connectivity index (χ0n) is 17.0. The van der Waals surface area contributed by atoms with E-state index in [9.17, 15) is 9.90 Å². The van der Waals surface area contributed by atoms with Gasteiger partial charge in [-0.15, -0.1) is 6.58 Å².